The number of aliphatic hydroxyl groups is 1. The zero-order valence-electron chi connectivity index (χ0n) is 12.2. The van der Waals surface area contributed by atoms with E-state index in [0.29, 0.717) is 6.61 Å². The molecule has 1 saturated carbocycles. The van der Waals surface area contributed by atoms with E-state index in [2.05, 4.69) is 19.2 Å². The van der Waals surface area contributed by atoms with Crippen molar-refractivity contribution in [1.29, 1.82) is 0 Å². The highest BCUT2D eigenvalue weighted by atomic mass is 32.2. The van der Waals surface area contributed by atoms with Crippen LogP contribution in [0.2, 0.25) is 0 Å². The standard InChI is InChI=1S/C15H31NOS/c1-13(2)14-5-3-6-15(8-7-14)16-9-12-18-11-4-10-17/h13-17H,3-12H2,1-2H3. The van der Waals surface area contributed by atoms with Gasteiger partial charge in [-0.25, -0.2) is 0 Å². The van der Waals surface area contributed by atoms with Gasteiger partial charge in [0.15, 0.2) is 0 Å². The molecule has 2 N–H and O–H groups in total. The van der Waals surface area contributed by atoms with Gasteiger partial charge in [0.1, 0.15) is 0 Å². The summed E-state index contributed by atoms with van der Waals surface area (Å²) in [7, 11) is 0. The predicted octanol–water partition coefficient (Wildman–Crippen LogP) is 3.30. The molecule has 18 heavy (non-hydrogen) atoms. The van der Waals surface area contributed by atoms with Gasteiger partial charge in [-0.05, 0) is 43.3 Å². The maximum Gasteiger partial charge on any atom is 0.0438 e. The molecule has 0 saturated heterocycles. The number of thioether (sulfide) groups is 1. The molecule has 2 unspecified atom stereocenters. The van der Waals surface area contributed by atoms with Crippen LogP contribution in [-0.4, -0.2) is 35.8 Å². The first-order chi connectivity index (χ1) is 8.74. The summed E-state index contributed by atoms with van der Waals surface area (Å²) < 4.78 is 0. The van der Waals surface area contributed by atoms with Crippen molar-refractivity contribution in [2.75, 3.05) is 24.7 Å². The molecule has 0 aromatic rings. The summed E-state index contributed by atoms with van der Waals surface area (Å²) in [5.41, 5.74) is 0. The second-order valence-electron chi connectivity index (χ2n) is 5.85. The van der Waals surface area contributed by atoms with E-state index in [1.807, 2.05) is 11.8 Å². The fourth-order valence-corrected chi connectivity index (χ4v) is 3.60. The molecule has 0 spiro atoms. The molecule has 0 heterocycles. The van der Waals surface area contributed by atoms with Crippen LogP contribution in [0.3, 0.4) is 0 Å². The second-order valence-corrected chi connectivity index (χ2v) is 7.08. The first-order valence-corrected chi connectivity index (χ1v) is 8.81. The highest BCUT2D eigenvalue weighted by molar-refractivity contribution is 7.99. The lowest BCUT2D eigenvalue weighted by molar-refractivity contribution is 0.296. The van der Waals surface area contributed by atoms with Crippen LogP contribution in [0.25, 0.3) is 0 Å². The smallest absolute Gasteiger partial charge is 0.0438 e. The number of hydrogen-bond acceptors (Lipinski definition) is 3. The van der Waals surface area contributed by atoms with E-state index in [0.717, 1.165) is 36.6 Å². The average Bonchev–Trinajstić information content (AvgIpc) is 2.59. The van der Waals surface area contributed by atoms with E-state index < -0.39 is 0 Å². The van der Waals surface area contributed by atoms with Crippen molar-refractivity contribution in [3.8, 4) is 0 Å². The monoisotopic (exact) mass is 273 g/mol. The molecule has 108 valence electrons. The Labute approximate surface area is 117 Å². The minimum absolute atomic E-state index is 0.333. The van der Waals surface area contributed by atoms with Gasteiger partial charge in [-0.1, -0.05) is 26.7 Å². The van der Waals surface area contributed by atoms with Crippen LogP contribution in [0.5, 0.6) is 0 Å². The molecular weight excluding hydrogens is 242 g/mol. The van der Waals surface area contributed by atoms with Crippen LogP contribution in [0.15, 0.2) is 0 Å². The zero-order valence-corrected chi connectivity index (χ0v) is 13.0. The summed E-state index contributed by atoms with van der Waals surface area (Å²) >= 11 is 1.95. The SMILES string of the molecule is CC(C)C1CCCC(NCCSCCCO)CC1. The van der Waals surface area contributed by atoms with Crippen molar-refractivity contribution in [2.45, 2.75) is 58.4 Å². The minimum Gasteiger partial charge on any atom is -0.396 e. The Bertz CT molecular complexity index is 199. The first kappa shape index (κ1) is 16.3. The normalized spacial score (nSPS) is 25.3. The summed E-state index contributed by atoms with van der Waals surface area (Å²) in [5, 5.41) is 12.4. The fraction of sp³-hybridized carbons (Fsp3) is 1.00. The van der Waals surface area contributed by atoms with E-state index in [-0.39, 0.29) is 0 Å². The third-order valence-electron chi connectivity index (χ3n) is 4.08. The zero-order chi connectivity index (χ0) is 13.2. The predicted molar refractivity (Wildman–Crippen MR) is 82.2 cm³/mol. The maximum absolute atomic E-state index is 8.70. The molecule has 2 nitrogen and oxygen atoms in total. The lowest BCUT2D eigenvalue weighted by atomic mass is 9.89. The molecule has 1 fully saturated rings. The Morgan fingerprint density at radius 2 is 2.00 bits per heavy atom. The van der Waals surface area contributed by atoms with Gasteiger partial charge < -0.3 is 10.4 Å². The lowest BCUT2D eigenvalue weighted by Gasteiger charge is -2.19. The van der Waals surface area contributed by atoms with Crippen molar-refractivity contribution in [2.24, 2.45) is 11.8 Å². The number of hydrogen-bond donors (Lipinski definition) is 2. The van der Waals surface area contributed by atoms with E-state index in [1.54, 1.807) is 0 Å². The Hall–Kier alpha value is 0.270. The molecule has 2 atom stereocenters. The highest BCUT2D eigenvalue weighted by Crippen LogP contribution is 2.28. The van der Waals surface area contributed by atoms with Crippen LogP contribution >= 0.6 is 11.8 Å². The van der Waals surface area contributed by atoms with E-state index in [9.17, 15) is 0 Å². The van der Waals surface area contributed by atoms with E-state index in [1.165, 1.54) is 37.9 Å². The largest absolute Gasteiger partial charge is 0.396 e. The molecule has 0 radical (unpaired) electrons. The number of rotatable bonds is 8. The van der Waals surface area contributed by atoms with Crippen LogP contribution < -0.4 is 5.32 Å². The number of nitrogens with one attached hydrogen (secondary N) is 1. The van der Waals surface area contributed by atoms with Gasteiger partial charge in [0.25, 0.3) is 0 Å². The fourth-order valence-electron chi connectivity index (χ4n) is 2.81. The van der Waals surface area contributed by atoms with Crippen LogP contribution in [-0.2, 0) is 0 Å². The molecule has 1 rings (SSSR count). The summed E-state index contributed by atoms with van der Waals surface area (Å²) in [5.74, 6) is 4.09. The summed E-state index contributed by atoms with van der Waals surface area (Å²) in [6.07, 6.45) is 7.91. The Morgan fingerprint density at radius 1 is 1.17 bits per heavy atom. The Balaban J connectivity index is 2.05. The van der Waals surface area contributed by atoms with Crippen molar-refractivity contribution in [3.63, 3.8) is 0 Å². The topological polar surface area (TPSA) is 32.3 Å². The first-order valence-electron chi connectivity index (χ1n) is 7.66. The molecule has 1 aliphatic rings. The average molecular weight is 273 g/mol. The molecule has 1 aliphatic carbocycles. The van der Waals surface area contributed by atoms with Crippen LogP contribution in [0, 0.1) is 11.8 Å². The Morgan fingerprint density at radius 3 is 2.72 bits per heavy atom. The van der Waals surface area contributed by atoms with Crippen molar-refractivity contribution >= 4 is 11.8 Å². The molecule has 3 heteroatoms. The van der Waals surface area contributed by atoms with Gasteiger partial charge in [0.05, 0.1) is 0 Å². The third-order valence-corrected chi connectivity index (χ3v) is 5.15. The van der Waals surface area contributed by atoms with E-state index in [4.69, 9.17) is 5.11 Å². The van der Waals surface area contributed by atoms with Crippen molar-refractivity contribution in [3.05, 3.63) is 0 Å². The highest BCUT2D eigenvalue weighted by Gasteiger charge is 2.20. The van der Waals surface area contributed by atoms with Gasteiger partial charge in [0, 0.05) is 24.9 Å². The van der Waals surface area contributed by atoms with Gasteiger partial charge >= 0.3 is 0 Å². The van der Waals surface area contributed by atoms with Gasteiger partial charge in [0.2, 0.25) is 0 Å². The lowest BCUT2D eigenvalue weighted by Crippen LogP contribution is -2.30. The Kier molecular flexibility index (Phi) is 9.16. The second kappa shape index (κ2) is 10.1. The molecule has 0 bridgehead atoms. The third kappa shape index (κ3) is 7.01. The minimum atomic E-state index is 0.333. The molecule has 0 aromatic carbocycles. The van der Waals surface area contributed by atoms with Crippen LogP contribution in [0.4, 0.5) is 0 Å². The van der Waals surface area contributed by atoms with Gasteiger partial charge in [-0.15, -0.1) is 0 Å². The summed E-state index contributed by atoms with van der Waals surface area (Å²) in [6, 6.07) is 0.757. The van der Waals surface area contributed by atoms with E-state index >= 15 is 0 Å². The van der Waals surface area contributed by atoms with Gasteiger partial charge in [-0.2, -0.15) is 11.8 Å². The van der Waals surface area contributed by atoms with Crippen molar-refractivity contribution < 1.29 is 5.11 Å². The van der Waals surface area contributed by atoms with Crippen LogP contribution in [0.1, 0.15) is 52.4 Å². The quantitative estimate of drug-likeness (QED) is 0.526. The molecule has 0 amide bonds. The van der Waals surface area contributed by atoms with Gasteiger partial charge in [-0.3, -0.25) is 0 Å². The summed E-state index contributed by atoms with van der Waals surface area (Å²) in [6.45, 7) is 6.21. The molecule has 0 aromatic heterocycles. The molecule has 0 aliphatic heterocycles. The number of aliphatic hydroxyl groups excluding tert-OH is 1. The summed E-state index contributed by atoms with van der Waals surface area (Å²) in [4.78, 5) is 0. The molecular formula is C15H31NOS. The maximum atomic E-state index is 8.70. The van der Waals surface area contributed by atoms with Crippen molar-refractivity contribution in [1.82, 2.24) is 5.32 Å².